The van der Waals surface area contributed by atoms with Crippen molar-refractivity contribution < 1.29 is 17.6 Å². The van der Waals surface area contributed by atoms with Crippen LogP contribution >= 0.6 is 11.6 Å². The molecular formula is C30H33ClFN5O3S. The van der Waals surface area contributed by atoms with Gasteiger partial charge in [0.15, 0.2) is 0 Å². The molecule has 0 spiro atoms. The van der Waals surface area contributed by atoms with E-state index in [9.17, 15) is 17.6 Å². The maximum atomic E-state index is 13.8. The van der Waals surface area contributed by atoms with Crippen LogP contribution in [0.1, 0.15) is 53.2 Å². The van der Waals surface area contributed by atoms with Gasteiger partial charge in [-0.1, -0.05) is 41.9 Å². The quantitative estimate of drug-likeness (QED) is 0.452. The molecule has 41 heavy (non-hydrogen) atoms. The number of hydrogen-bond acceptors (Lipinski definition) is 6. The Morgan fingerprint density at radius 2 is 1.66 bits per heavy atom. The average molecular weight is 598 g/mol. The highest BCUT2D eigenvalue weighted by molar-refractivity contribution is 7.89. The topological polar surface area (TPSA) is 99.8 Å². The molecule has 4 heterocycles. The molecule has 2 unspecified atom stereocenters. The molecule has 2 aromatic carbocycles. The highest BCUT2D eigenvalue weighted by Gasteiger charge is 2.43. The van der Waals surface area contributed by atoms with E-state index in [-0.39, 0.29) is 40.0 Å². The highest BCUT2D eigenvalue weighted by Crippen LogP contribution is 2.37. The molecule has 2 N–H and O–H groups in total. The summed E-state index contributed by atoms with van der Waals surface area (Å²) in [5, 5.41) is 0.0877. The van der Waals surface area contributed by atoms with Crippen molar-refractivity contribution in [3.63, 3.8) is 0 Å². The van der Waals surface area contributed by atoms with E-state index in [0.29, 0.717) is 43.6 Å². The average Bonchev–Trinajstić information content (AvgIpc) is 3.26. The Hall–Kier alpha value is -3.05. The summed E-state index contributed by atoms with van der Waals surface area (Å²) in [6, 6.07) is 17.2. The van der Waals surface area contributed by atoms with Crippen molar-refractivity contribution in [2.75, 3.05) is 31.1 Å². The fourth-order valence-corrected chi connectivity index (χ4v) is 8.29. The summed E-state index contributed by atoms with van der Waals surface area (Å²) in [6.45, 7) is 1.90. The highest BCUT2D eigenvalue weighted by atomic mass is 35.5. The third-order valence-corrected chi connectivity index (χ3v) is 10.8. The predicted molar refractivity (Wildman–Crippen MR) is 156 cm³/mol. The minimum atomic E-state index is -3.74. The third-order valence-electron chi connectivity index (χ3n) is 8.61. The van der Waals surface area contributed by atoms with Gasteiger partial charge in [0, 0.05) is 50.9 Å². The molecule has 11 heteroatoms. The van der Waals surface area contributed by atoms with E-state index in [0.717, 1.165) is 31.7 Å². The number of piperidine rings is 1. The van der Waals surface area contributed by atoms with E-state index in [4.69, 9.17) is 22.3 Å². The van der Waals surface area contributed by atoms with Crippen molar-refractivity contribution >= 4 is 33.3 Å². The number of amides is 1. The molecule has 216 valence electrons. The molecule has 3 aliphatic rings. The third kappa shape index (κ3) is 5.46. The molecule has 0 aliphatic carbocycles. The number of fused-ring (bicyclic) bond motifs is 2. The molecule has 0 saturated carbocycles. The zero-order chi connectivity index (χ0) is 28.7. The number of aromatic nitrogens is 1. The second-order valence-electron chi connectivity index (χ2n) is 11.1. The number of piperazine rings is 1. The van der Waals surface area contributed by atoms with E-state index in [2.05, 4.69) is 17.0 Å². The molecule has 3 fully saturated rings. The lowest BCUT2D eigenvalue weighted by Crippen LogP contribution is -2.55. The molecule has 3 aliphatic heterocycles. The van der Waals surface area contributed by atoms with E-state index in [1.54, 1.807) is 21.3 Å². The van der Waals surface area contributed by atoms with E-state index >= 15 is 0 Å². The van der Waals surface area contributed by atoms with Gasteiger partial charge in [-0.2, -0.15) is 4.31 Å². The van der Waals surface area contributed by atoms with Gasteiger partial charge in [-0.15, -0.1) is 0 Å². The second-order valence-corrected chi connectivity index (χ2v) is 13.4. The van der Waals surface area contributed by atoms with Crippen LogP contribution in [0.2, 0.25) is 5.02 Å². The first-order chi connectivity index (χ1) is 19.7. The monoisotopic (exact) mass is 597 g/mol. The van der Waals surface area contributed by atoms with Crippen LogP contribution < -0.4 is 10.6 Å². The number of halogens is 2. The Kier molecular flexibility index (Phi) is 7.76. The number of benzene rings is 2. The molecule has 2 bridgehead atoms. The van der Waals surface area contributed by atoms with Crippen LogP contribution in [-0.4, -0.2) is 66.8 Å². The van der Waals surface area contributed by atoms with E-state index < -0.39 is 15.8 Å². The van der Waals surface area contributed by atoms with Crippen molar-refractivity contribution in [1.82, 2.24) is 14.2 Å². The van der Waals surface area contributed by atoms with Gasteiger partial charge >= 0.3 is 0 Å². The molecule has 1 aromatic heterocycles. The normalized spacial score (nSPS) is 21.8. The van der Waals surface area contributed by atoms with Crippen molar-refractivity contribution in [3.05, 3.63) is 88.3 Å². The lowest BCUT2D eigenvalue weighted by Gasteiger charge is -2.42. The second kappa shape index (κ2) is 11.3. The zero-order valence-corrected chi connectivity index (χ0v) is 24.2. The molecule has 8 nitrogen and oxygen atoms in total. The van der Waals surface area contributed by atoms with E-state index in [1.807, 2.05) is 18.2 Å². The number of rotatable bonds is 6. The number of carbonyl (C=O) groups is 1. The Labute approximate surface area is 245 Å². The van der Waals surface area contributed by atoms with Gasteiger partial charge in [0.1, 0.15) is 11.6 Å². The minimum absolute atomic E-state index is 0.0328. The summed E-state index contributed by atoms with van der Waals surface area (Å²) in [5.41, 5.74) is 8.00. The Morgan fingerprint density at radius 3 is 2.29 bits per heavy atom. The maximum absolute atomic E-state index is 13.8. The summed E-state index contributed by atoms with van der Waals surface area (Å²) >= 11 is 6.17. The summed E-state index contributed by atoms with van der Waals surface area (Å²) in [5.74, 6) is 0.186. The maximum Gasteiger partial charge on any atom is 0.255 e. The summed E-state index contributed by atoms with van der Waals surface area (Å²) in [7, 11) is -3.74. The lowest BCUT2D eigenvalue weighted by molar-refractivity contribution is 0.0717. The van der Waals surface area contributed by atoms with E-state index in [1.165, 1.54) is 17.7 Å². The van der Waals surface area contributed by atoms with Crippen LogP contribution in [0.5, 0.6) is 0 Å². The van der Waals surface area contributed by atoms with Gasteiger partial charge in [-0.25, -0.2) is 17.8 Å². The smallest absolute Gasteiger partial charge is 0.255 e. The van der Waals surface area contributed by atoms with Crippen LogP contribution in [0.3, 0.4) is 0 Å². The van der Waals surface area contributed by atoms with Crippen molar-refractivity contribution in [2.24, 2.45) is 5.73 Å². The summed E-state index contributed by atoms with van der Waals surface area (Å²) in [6.07, 6.45) is 3.22. The Bertz CT molecular complexity index is 1530. The molecular weight excluding hydrogens is 565 g/mol. The predicted octanol–water partition coefficient (Wildman–Crippen LogP) is 4.39. The lowest BCUT2D eigenvalue weighted by atomic mass is 9.90. The molecule has 2 atom stereocenters. The number of pyridine rings is 1. The molecule has 1 amide bonds. The van der Waals surface area contributed by atoms with Gasteiger partial charge in [0.25, 0.3) is 5.91 Å². The first-order valence-corrected chi connectivity index (χ1v) is 15.8. The largest absolute Gasteiger partial charge is 0.347 e. The standard InChI is InChI=1S/C30H33ClFN5O3S/c31-28-14-22(32)6-9-27(28)30(38)35-18-24-7-8-25(19-35)37(24)29-16-26(15-23(17-33)34-29)41(39,40)36-12-10-21(11-13-36)20-4-2-1-3-5-20/h1-6,9,14-16,21,24-25H,7-8,10-13,17-19,33H2. The number of nitrogens with two attached hydrogens (primary N) is 1. The van der Waals surface area contributed by atoms with Gasteiger partial charge in [0.2, 0.25) is 10.0 Å². The van der Waals surface area contributed by atoms with Gasteiger partial charge in [-0.3, -0.25) is 4.79 Å². The summed E-state index contributed by atoms with van der Waals surface area (Å²) < 4.78 is 42.7. The van der Waals surface area contributed by atoms with Crippen molar-refractivity contribution in [3.8, 4) is 0 Å². The SMILES string of the molecule is NCc1cc(S(=O)(=O)N2CCC(c3ccccc3)CC2)cc(N2C3CCC2CN(C(=O)c2ccc(F)cc2Cl)C3)n1. The van der Waals surface area contributed by atoms with Gasteiger partial charge < -0.3 is 15.5 Å². The van der Waals surface area contributed by atoms with Crippen LogP contribution in [-0.2, 0) is 16.6 Å². The number of likely N-dealkylation sites (tertiary alicyclic amines) is 1. The zero-order valence-electron chi connectivity index (χ0n) is 22.6. The van der Waals surface area contributed by atoms with Crippen LogP contribution in [0.4, 0.5) is 10.2 Å². The van der Waals surface area contributed by atoms with Gasteiger partial charge in [0.05, 0.1) is 21.2 Å². The van der Waals surface area contributed by atoms with Crippen LogP contribution in [0.25, 0.3) is 0 Å². The summed E-state index contributed by atoms with van der Waals surface area (Å²) in [4.78, 5) is 22.1. The number of carbonyl (C=O) groups excluding carboxylic acids is 1. The number of nitrogens with zero attached hydrogens (tertiary/aromatic N) is 4. The van der Waals surface area contributed by atoms with Crippen molar-refractivity contribution in [2.45, 2.75) is 55.1 Å². The van der Waals surface area contributed by atoms with Crippen LogP contribution in [0.15, 0.2) is 65.6 Å². The van der Waals surface area contributed by atoms with Crippen LogP contribution in [0, 0.1) is 5.82 Å². The molecule has 3 saturated heterocycles. The Morgan fingerprint density at radius 1 is 0.976 bits per heavy atom. The van der Waals surface area contributed by atoms with Gasteiger partial charge in [-0.05, 0) is 61.4 Å². The molecule has 6 rings (SSSR count). The first-order valence-electron chi connectivity index (χ1n) is 14.0. The molecule has 0 radical (unpaired) electrons. The fraction of sp³-hybridized carbons (Fsp3) is 0.400. The first kappa shape index (κ1) is 28.1. The fourth-order valence-electron chi connectivity index (χ4n) is 6.51. The number of hydrogen-bond donors (Lipinski definition) is 1. The Balaban J connectivity index is 1.21. The number of anilines is 1. The molecule has 3 aromatic rings. The van der Waals surface area contributed by atoms with Crippen molar-refractivity contribution in [1.29, 1.82) is 0 Å². The minimum Gasteiger partial charge on any atom is -0.347 e. The number of sulfonamides is 1.